The molecule has 0 bridgehead atoms. The summed E-state index contributed by atoms with van der Waals surface area (Å²) in [6.45, 7) is 6.81. The Morgan fingerprint density at radius 3 is 1.69 bits per heavy atom. The minimum atomic E-state index is -4.23. The highest BCUT2D eigenvalue weighted by molar-refractivity contribution is 14.1. The van der Waals surface area contributed by atoms with Crippen LogP contribution in [-0.4, -0.2) is 6.18 Å². The van der Waals surface area contributed by atoms with Crippen LogP contribution in [0.5, 0.6) is 0 Å². The van der Waals surface area contributed by atoms with Gasteiger partial charge in [-0.05, 0) is 49.9 Å². The molecule has 0 saturated carbocycles. The van der Waals surface area contributed by atoms with Gasteiger partial charge in [-0.15, -0.1) is 0 Å². The average molecular weight is 342 g/mol. The molecule has 0 aliphatic rings. The molecule has 0 aliphatic carbocycles. The predicted molar refractivity (Wildman–Crippen MR) is 68.1 cm³/mol. The van der Waals surface area contributed by atoms with Gasteiger partial charge in [-0.1, -0.05) is 34.7 Å². The van der Waals surface area contributed by atoms with Crippen molar-refractivity contribution >= 4 is 22.6 Å². The highest BCUT2D eigenvalue weighted by atomic mass is 127. The molecule has 1 aromatic rings. The van der Waals surface area contributed by atoms with Gasteiger partial charge in [0.2, 0.25) is 0 Å². The van der Waals surface area contributed by atoms with Crippen LogP contribution >= 0.6 is 22.6 Å². The first-order valence-electron chi connectivity index (χ1n) is 4.91. The lowest BCUT2D eigenvalue weighted by atomic mass is 9.93. The molecule has 4 heteroatoms. The second-order valence-corrected chi connectivity index (χ2v) is 6.39. The summed E-state index contributed by atoms with van der Waals surface area (Å²) in [5, 5.41) is 0. The number of halogens is 4. The summed E-state index contributed by atoms with van der Waals surface area (Å²) in [6, 6.07) is 3.25. The summed E-state index contributed by atoms with van der Waals surface area (Å²) in [7, 11) is 0. The first kappa shape index (κ1) is 13.8. The maximum atomic E-state index is 12.9. The van der Waals surface area contributed by atoms with Crippen molar-refractivity contribution in [2.75, 3.05) is 0 Å². The molecule has 0 aliphatic heterocycles. The van der Waals surface area contributed by atoms with Gasteiger partial charge in [0.15, 0.2) is 0 Å². The monoisotopic (exact) mass is 342 g/mol. The second-order valence-electron chi connectivity index (χ2n) is 4.24. The molecule has 0 saturated heterocycles. The van der Waals surface area contributed by atoms with E-state index in [0.29, 0.717) is 5.56 Å². The van der Waals surface area contributed by atoms with Crippen LogP contribution in [0.2, 0.25) is 0 Å². The number of benzene rings is 1. The van der Waals surface area contributed by atoms with Crippen molar-refractivity contribution in [2.24, 2.45) is 0 Å². The Kier molecular flexibility index (Phi) is 3.62. The third kappa shape index (κ3) is 2.36. The smallest absolute Gasteiger partial charge is 0.169 e. The molecule has 1 atom stereocenters. The largest absolute Gasteiger partial charge is 0.406 e. The summed E-state index contributed by atoms with van der Waals surface area (Å²) >= 11 is 1.47. The van der Waals surface area contributed by atoms with Crippen LogP contribution < -0.4 is 0 Å². The van der Waals surface area contributed by atoms with Crippen LogP contribution in [0.4, 0.5) is 13.2 Å². The van der Waals surface area contributed by atoms with E-state index in [1.807, 2.05) is 20.8 Å². The lowest BCUT2D eigenvalue weighted by molar-refractivity contribution is -0.152. The first-order chi connectivity index (χ1) is 7.07. The summed E-state index contributed by atoms with van der Waals surface area (Å²) in [4.78, 5) is 0. The highest BCUT2D eigenvalue weighted by Crippen LogP contribution is 2.46. The Morgan fingerprint density at radius 1 is 1.00 bits per heavy atom. The van der Waals surface area contributed by atoms with Crippen LogP contribution in [-0.2, 0) is 3.42 Å². The molecular weight excluding hydrogens is 328 g/mol. The molecule has 0 radical (unpaired) electrons. The average Bonchev–Trinajstić information content (AvgIpc) is 2.11. The van der Waals surface area contributed by atoms with E-state index < -0.39 is 9.60 Å². The van der Waals surface area contributed by atoms with E-state index in [0.717, 1.165) is 16.7 Å². The Labute approximate surface area is 107 Å². The molecule has 0 aromatic heterocycles. The lowest BCUT2D eigenvalue weighted by Crippen LogP contribution is -2.33. The fourth-order valence-electron chi connectivity index (χ4n) is 1.47. The van der Waals surface area contributed by atoms with Gasteiger partial charge in [0, 0.05) is 0 Å². The van der Waals surface area contributed by atoms with Crippen molar-refractivity contribution in [3.8, 4) is 0 Å². The van der Waals surface area contributed by atoms with Crippen LogP contribution in [0.1, 0.15) is 29.2 Å². The molecule has 0 N–H and O–H groups in total. The number of alkyl halides is 4. The molecule has 1 aromatic carbocycles. The van der Waals surface area contributed by atoms with Crippen molar-refractivity contribution in [3.63, 3.8) is 0 Å². The summed E-state index contributed by atoms with van der Waals surface area (Å²) < 4.78 is 36.8. The SMILES string of the molecule is Cc1cc(C(C)(I)C(F)(F)F)cc(C)c1C. The molecule has 0 nitrogen and oxygen atoms in total. The van der Waals surface area contributed by atoms with Gasteiger partial charge in [0.25, 0.3) is 0 Å². The van der Waals surface area contributed by atoms with E-state index >= 15 is 0 Å². The second kappa shape index (κ2) is 4.20. The molecular formula is C12H14F3I. The standard InChI is InChI=1S/C12H14F3I/c1-7-5-10(6-8(2)9(7)3)11(4,16)12(13,14)15/h5-6H,1-4H3. The molecule has 0 spiro atoms. The van der Waals surface area contributed by atoms with Crippen molar-refractivity contribution in [3.05, 3.63) is 34.4 Å². The number of hydrogen-bond donors (Lipinski definition) is 0. The zero-order valence-corrected chi connectivity index (χ0v) is 11.8. The van der Waals surface area contributed by atoms with Crippen LogP contribution in [0.15, 0.2) is 12.1 Å². The zero-order chi connectivity index (χ0) is 12.7. The Balaban J connectivity index is 3.35. The summed E-state index contributed by atoms with van der Waals surface area (Å²) in [6.07, 6.45) is -4.23. The fourth-order valence-corrected chi connectivity index (χ4v) is 1.78. The Bertz CT molecular complexity index is 382. The van der Waals surface area contributed by atoms with Gasteiger partial charge in [-0.25, -0.2) is 0 Å². The quantitative estimate of drug-likeness (QED) is 0.507. The van der Waals surface area contributed by atoms with Gasteiger partial charge < -0.3 is 0 Å². The molecule has 1 unspecified atom stereocenters. The van der Waals surface area contributed by atoms with Gasteiger partial charge >= 0.3 is 6.18 Å². The van der Waals surface area contributed by atoms with E-state index in [1.165, 1.54) is 29.5 Å². The number of aryl methyl sites for hydroxylation is 2. The number of rotatable bonds is 1. The molecule has 16 heavy (non-hydrogen) atoms. The van der Waals surface area contributed by atoms with E-state index in [4.69, 9.17) is 0 Å². The minimum absolute atomic E-state index is 0.321. The fraction of sp³-hybridized carbons (Fsp3) is 0.500. The first-order valence-corrected chi connectivity index (χ1v) is 5.99. The third-order valence-electron chi connectivity index (χ3n) is 3.00. The van der Waals surface area contributed by atoms with E-state index in [-0.39, 0.29) is 0 Å². The van der Waals surface area contributed by atoms with Crippen molar-refractivity contribution in [2.45, 2.75) is 37.3 Å². The summed E-state index contributed by atoms with van der Waals surface area (Å²) in [5.74, 6) is 0. The maximum absolute atomic E-state index is 12.9. The Hall–Kier alpha value is -0.260. The zero-order valence-electron chi connectivity index (χ0n) is 9.67. The van der Waals surface area contributed by atoms with Crippen LogP contribution in [0.25, 0.3) is 0 Å². The third-order valence-corrected chi connectivity index (χ3v) is 4.24. The van der Waals surface area contributed by atoms with E-state index in [1.54, 1.807) is 12.1 Å². The number of hydrogen-bond acceptors (Lipinski definition) is 0. The topological polar surface area (TPSA) is 0 Å². The molecule has 0 amide bonds. The van der Waals surface area contributed by atoms with Crippen molar-refractivity contribution < 1.29 is 13.2 Å². The van der Waals surface area contributed by atoms with E-state index in [9.17, 15) is 13.2 Å². The minimum Gasteiger partial charge on any atom is -0.169 e. The molecule has 0 fully saturated rings. The maximum Gasteiger partial charge on any atom is 0.406 e. The van der Waals surface area contributed by atoms with Gasteiger partial charge in [0.05, 0.1) is 0 Å². The highest BCUT2D eigenvalue weighted by Gasteiger charge is 2.50. The normalized spacial score (nSPS) is 16.0. The lowest BCUT2D eigenvalue weighted by Gasteiger charge is -2.27. The van der Waals surface area contributed by atoms with Gasteiger partial charge in [0.1, 0.15) is 3.42 Å². The van der Waals surface area contributed by atoms with Crippen molar-refractivity contribution in [1.82, 2.24) is 0 Å². The predicted octanol–water partition coefficient (Wildman–Crippen LogP) is 4.82. The van der Waals surface area contributed by atoms with Gasteiger partial charge in [-0.3, -0.25) is 0 Å². The van der Waals surface area contributed by atoms with Crippen LogP contribution in [0, 0.1) is 20.8 Å². The Morgan fingerprint density at radius 2 is 1.38 bits per heavy atom. The van der Waals surface area contributed by atoms with Crippen molar-refractivity contribution in [1.29, 1.82) is 0 Å². The van der Waals surface area contributed by atoms with Gasteiger partial charge in [-0.2, -0.15) is 13.2 Å². The van der Waals surface area contributed by atoms with Crippen LogP contribution in [0.3, 0.4) is 0 Å². The molecule has 1 rings (SSSR count). The summed E-state index contributed by atoms with van der Waals surface area (Å²) in [5.41, 5.74) is 3.18. The molecule has 0 heterocycles. The van der Waals surface area contributed by atoms with E-state index in [2.05, 4.69) is 0 Å². The molecule has 90 valence electrons.